The van der Waals surface area contributed by atoms with E-state index in [0.717, 1.165) is 21.5 Å². The standard InChI is InChI=1S/C19H15BrN4OS2/c1-24-18(15-10-26-16-5-3-2-4-14(15)16)22-23-19(24)27-11-17(25)21-13-8-6-12(20)7-9-13/h2-10H,11H2,1H3,(H,21,25). The molecule has 0 aliphatic rings. The van der Waals surface area contributed by atoms with Gasteiger partial charge in [-0.25, -0.2) is 0 Å². The molecule has 0 bridgehead atoms. The minimum absolute atomic E-state index is 0.0761. The molecule has 1 amide bonds. The van der Waals surface area contributed by atoms with Gasteiger partial charge >= 0.3 is 0 Å². The van der Waals surface area contributed by atoms with E-state index < -0.39 is 0 Å². The number of nitrogens with one attached hydrogen (secondary N) is 1. The van der Waals surface area contributed by atoms with Gasteiger partial charge in [-0.05, 0) is 30.3 Å². The molecule has 0 spiro atoms. The second kappa shape index (κ2) is 7.84. The summed E-state index contributed by atoms with van der Waals surface area (Å²) in [6.45, 7) is 0. The number of carbonyl (C=O) groups excluding carboxylic acids is 1. The Morgan fingerprint density at radius 2 is 1.96 bits per heavy atom. The van der Waals surface area contributed by atoms with Gasteiger partial charge in [-0.1, -0.05) is 45.9 Å². The van der Waals surface area contributed by atoms with Crippen LogP contribution in [0, 0.1) is 0 Å². The Morgan fingerprint density at radius 3 is 2.78 bits per heavy atom. The molecule has 0 aliphatic carbocycles. The van der Waals surface area contributed by atoms with Gasteiger partial charge in [-0.2, -0.15) is 0 Å². The maximum atomic E-state index is 12.2. The molecule has 27 heavy (non-hydrogen) atoms. The van der Waals surface area contributed by atoms with E-state index in [9.17, 15) is 4.79 Å². The third-order valence-electron chi connectivity index (χ3n) is 4.02. The summed E-state index contributed by atoms with van der Waals surface area (Å²) in [4.78, 5) is 12.2. The number of nitrogens with zero attached hydrogens (tertiary/aromatic N) is 3. The zero-order chi connectivity index (χ0) is 18.8. The van der Waals surface area contributed by atoms with Crippen LogP contribution in [0.15, 0.2) is 63.5 Å². The normalized spacial score (nSPS) is 11.0. The molecule has 0 saturated heterocycles. The molecule has 5 nitrogen and oxygen atoms in total. The zero-order valence-corrected chi connectivity index (χ0v) is 17.6. The van der Waals surface area contributed by atoms with Crippen LogP contribution in [-0.4, -0.2) is 26.4 Å². The monoisotopic (exact) mass is 458 g/mol. The van der Waals surface area contributed by atoms with E-state index in [-0.39, 0.29) is 11.7 Å². The summed E-state index contributed by atoms with van der Waals surface area (Å²) in [6.07, 6.45) is 0. The molecule has 8 heteroatoms. The fourth-order valence-electron chi connectivity index (χ4n) is 2.69. The topological polar surface area (TPSA) is 59.8 Å². The number of thioether (sulfide) groups is 1. The van der Waals surface area contributed by atoms with Crippen molar-refractivity contribution >= 4 is 60.7 Å². The highest BCUT2D eigenvalue weighted by Gasteiger charge is 2.16. The minimum atomic E-state index is -0.0761. The van der Waals surface area contributed by atoms with Crippen molar-refractivity contribution in [3.63, 3.8) is 0 Å². The number of aromatic nitrogens is 3. The number of carbonyl (C=O) groups is 1. The first-order valence-corrected chi connectivity index (χ1v) is 10.8. The lowest BCUT2D eigenvalue weighted by Gasteiger charge is -2.05. The number of fused-ring (bicyclic) bond motifs is 1. The van der Waals surface area contributed by atoms with Crippen molar-refractivity contribution in [2.24, 2.45) is 7.05 Å². The van der Waals surface area contributed by atoms with E-state index in [4.69, 9.17) is 0 Å². The van der Waals surface area contributed by atoms with Gasteiger partial charge < -0.3 is 9.88 Å². The van der Waals surface area contributed by atoms with Crippen LogP contribution in [0.25, 0.3) is 21.5 Å². The molecule has 0 unspecified atom stereocenters. The number of hydrogen-bond donors (Lipinski definition) is 1. The first kappa shape index (κ1) is 18.2. The fourth-order valence-corrected chi connectivity index (χ4v) is 4.60. The van der Waals surface area contributed by atoms with Crippen molar-refractivity contribution in [2.75, 3.05) is 11.1 Å². The zero-order valence-electron chi connectivity index (χ0n) is 14.3. The van der Waals surface area contributed by atoms with E-state index in [0.29, 0.717) is 5.16 Å². The van der Waals surface area contributed by atoms with Gasteiger partial charge in [-0.15, -0.1) is 21.5 Å². The molecule has 0 atom stereocenters. The average molecular weight is 459 g/mol. The maximum Gasteiger partial charge on any atom is 0.234 e. The smallest absolute Gasteiger partial charge is 0.234 e. The number of anilines is 1. The number of thiophene rings is 1. The van der Waals surface area contributed by atoms with Gasteiger partial charge in [0.25, 0.3) is 0 Å². The molecule has 1 N–H and O–H groups in total. The van der Waals surface area contributed by atoms with Crippen LogP contribution in [0.2, 0.25) is 0 Å². The van der Waals surface area contributed by atoms with Crippen LogP contribution in [-0.2, 0) is 11.8 Å². The Labute approximate surface area is 172 Å². The van der Waals surface area contributed by atoms with E-state index in [1.165, 1.54) is 21.8 Å². The van der Waals surface area contributed by atoms with Crippen LogP contribution in [0.3, 0.4) is 0 Å². The molecule has 0 saturated carbocycles. The molecule has 0 fully saturated rings. The molecule has 136 valence electrons. The SMILES string of the molecule is Cn1c(SCC(=O)Nc2ccc(Br)cc2)nnc1-c1csc2ccccc12. The van der Waals surface area contributed by atoms with Gasteiger partial charge in [-0.3, -0.25) is 4.79 Å². The van der Waals surface area contributed by atoms with Crippen molar-refractivity contribution in [3.05, 3.63) is 58.4 Å². The van der Waals surface area contributed by atoms with Gasteiger partial charge in [0.2, 0.25) is 5.91 Å². The first-order valence-electron chi connectivity index (χ1n) is 8.16. The van der Waals surface area contributed by atoms with Gasteiger partial charge in [0.1, 0.15) is 0 Å². The Bertz CT molecular complexity index is 1100. The van der Waals surface area contributed by atoms with Crippen molar-refractivity contribution < 1.29 is 4.79 Å². The van der Waals surface area contributed by atoms with Crippen LogP contribution < -0.4 is 5.32 Å². The van der Waals surface area contributed by atoms with Crippen LogP contribution in [0.4, 0.5) is 5.69 Å². The molecule has 0 radical (unpaired) electrons. The molecule has 4 rings (SSSR count). The highest BCUT2D eigenvalue weighted by atomic mass is 79.9. The summed E-state index contributed by atoms with van der Waals surface area (Å²) in [5.41, 5.74) is 1.84. The summed E-state index contributed by atoms with van der Waals surface area (Å²) < 4.78 is 4.13. The highest BCUT2D eigenvalue weighted by molar-refractivity contribution is 9.10. The summed E-state index contributed by atoms with van der Waals surface area (Å²) in [5, 5.41) is 15.5. The Kier molecular flexibility index (Phi) is 5.29. The third kappa shape index (κ3) is 3.92. The number of hydrogen-bond acceptors (Lipinski definition) is 5. The predicted molar refractivity (Wildman–Crippen MR) is 115 cm³/mol. The van der Waals surface area contributed by atoms with Crippen LogP contribution >= 0.6 is 39.0 Å². The Hall–Kier alpha value is -2.16. The summed E-state index contributed by atoms with van der Waals surface area (Å²) in [7, 11) is 1.93. The lowest BCUT2D eigenvalue weighted by molar-refractivity contribution is -0.113. The lowest BCUT2D eigenvalue weighted by Crippen LogP contribution is -2.14. The van der Waals surface area contributed by atoms with Crippen molar-refractivity contribution in [3.8, 4) is 11.4 Å². The van der Waals surface area contributed by atoms with Gasteiger partial charge in [0.15, 0.2) is 11.0 Å². The van der Waals surface area contributed by atoms with Crippen LogP contribution in [0.5, 0.6) is 0 Å². The summed E-state index contributed by atoms with van der Waals surface area (Å²) in [5.74, 6) is 1.00. The average Bonchev–Trinajstić information content (AvgIpc) is 3.25. The van der Waals surface area contributed by atoms with Crippen molar-refractivity contribution in [1.29, 1.82) is 0 Å². The van der Waals surface area contributed by atoms with Gasteiger partial charge in [0.05, 0.1) is 5.75 Å². The lowest BCUT2D eigenvalue weighted by atomic mass is 10.2. The molecule has 4 aromatic rings. The maximum absolute atomic E-state index is 12.2. The number of amides is 1. The minimum Gasteiger partial charge on any atom is -0.325 e. The van der Waals surface area contributed by atoms with Crippen molar-refractivity contribution in [2.45, 2.75) is 5.16 Å². The molecular weight excluding hydrogens is 444 g/mol. The Balaban J connectivity index is 1.46. The van der Waals surface area contributed by atoms with E-state index >= 15 is 0 Å². The number of halogens is 1. The quantitative estimate of drug-likeness (QED) is 0.418. The molecule has 2 aromatic heterocycles. The summed E-state index contributed by atoms with van der Waals surface area (Å²) in [6, 6.07) is 15.7. The Morgan fingerprint density at radius 1 is 1.19 bits per heavy atom. The third-order valence-corrected chi connectivity index (χ3v) is 6.53. The molecular formula is C19H15BrN4OS2. The second-order valence-electron chi connectivity index (χ2n) is 5.85. The largest absolute Gasteiger partial charge is 0.325 e. The first-order chi connectivity index (χ1) is 13.1. The molecule has 2 heterocycles. The highest BCUT2D eigenvalue weighted by Crippen LogP contribution is 2.33. The predicted octanol–water partition coefficient (Wildman–Crippen LogP) is 5.19. The van der Waals surface area contributed by atoms with Crippen molar-refractivity contribution in [1.82, 2.24) is 14.8 Å². The fraction of sp³-hybridized carbons (Fsp3) is 0.105. The molecule has 0 aliphatic heterocycles. The summed E-state index contributed by atoms with van der Waals surface area (Å²) >= 11 is 6.44. The van der Waals surface area contributed by atoms with E-state index in [2.05, 4.69) is 49.0 Å². The van der Waals surface area contributed by atoms with Gasteiger partial charge in [0, 0.05) is 38.2 Å². The van der Waals surface area contributed by atoms with Crippen LogP contribution in [0.1, 0.15) is 0 Å². The second-order valence-corrected chi connectivity index (χ2v) is 8.62. The molecule has 2 aromatic carbocycles. The number of rotatable bonds is 5. The van der Waals surface area contributed by atoms with E-state index in [1.807, 2.05) is 48.0 Å². The van der Waals surface area contributed by atoms with E-state index in [1.54, 1.807) is 11.3 Å². The number of benzene rings is 2.